The minimum absolute atomic E-state index is 0.220. The smallest absolute Gasteiger partial charge is 0.119 e. The van der Waals surface area contributed by atoms with E-state index < -0.39 is 0 Å². The molecule has 0 saturated carbocycles. The predicted octanol–water partition coefficient (Wildman–Crippen LogP) is 2.77. The van der Waals surface area contributed by atoms with E-state index >= 15 is 0 Å². The third-order valence-electron chi connectivity index (χ3n) is 2.54. The fourth-order valence-corrected chi connectivity index (χ4v) is 1.67. The topological polar surface area (TPSA) is 30.5 Å². The molecule has 0 aliphatic carbocycles. The molecule has 3 heteroatoms. The summed E-state index contributed by atoms with van der Waals surface area (Å²) in [5.41, 5.74) is 1.20. The molecule has 1 N–H and O–H groups in total. The van der Waals surface area contributed by atoms with E-state index in [1.165, 1.54) is 5.56 Å². The monoisotopic (exact) mass is 237 g/mol. The fourth-order valence-electron chi connectivity index (χ4n) is 1.67. The SMILES string of the molecule is CCNC(COC(C)C)c1cccc(OC)c1. The molecule has 0 heterocycles. The second-order valence-corrected chi connectivity index (χ2v) is 4.27. The van der Waals surface area contributed by atoms with Gasteiger partial charge in [0.05, 0.1) is 25.9 Å². The van der Waals surface area contributed by atoms with Gasteiger partial charge in [-0.25, -0.2) is 0 Å². The van der Waals surface area contributed by atoms with Crippen molar-refractivity contribution in [2.75, 3.05) is 20.3 Å². The van der Waals surface area contributed by atoms with Crippen LogP contribution in [-0.4, -0.2) is 26.4 Å². The van der Waals surface area contributed by atoms with Crippen LogP contribution in [0.5, 0.6) is 5.75 Å². The van der Waals surface area contributed by atoms with E-state index in [4.69, 9.17) is 9.47 Å². The van der Waals surface area contributed by atoms with Crippen molar-refractivity contribution in [1.82, 2.24) is 5.32 Å². The first kappa shape index (κ1) is 14.0. The van der Waals surface area contributed by atoms with Gasteiger partial charge in [0.2, 0.25) is 0 Å². The first-order valence-electron chi connectivity index (χ1n) is 6.16. The van der Waals surface area contributed by atoms with Gasteiger partial charge in [-0.1, -0.05) is 19.1 Å². The molecule has 0 aliphatic heterocycles. The summed E-state index contributed by atoms with van der Waals surface area (Å²) in [6, 6.07) is 8.33. The van der Waals surface area contributed by atoms with E-state index in [0.29, 0.717) is 6.61 Å². The number of benzene rings is 1. The van der Waals surface area contributed by atoms with Gasteiger partial charge < -0.3 is 14.8 Å². The van der Waals surface area contributed by atoms with E-state index in [1.807, 2.05) is 12.1 Å². The summed E-state index contributed by atoms with van der Waals surface area (Å²) in [6.07, 6.45) is 0.252. The Balaban J connectivity index is 2.73. The van der Waals surface area contributed by atoms with Gasteiger partial charge in [-0.15, -0.1) is 0 Å². The number of rotatable bonds is 7. The molecule has 3 nitrogen and oxygen atoms in total. The van der Waals surface area contributed by atoms with Crippen molar-refractivity contribution in [3.05, 3.63) is 29.8 Å². The number of methoxy groups -OCH3 is 1. The van der Waals surface area contributed by atoms with Crippen LogP contribution in [0.3, 0.4) is 0 Å². The van der Waals surface area contributed by atoms with Crippen LogP contribution in [0.25, 0.3) is 0 Å². The molecule has 0 bridgehead atoms. The summed E-state index contributed by atoms with van der Waals surface area (Å²) in [4.78, 5) is 0. The van der Waals surface area contributed by atoms with E-state index in [1.54, 1.807) is 7.11 Å². The Morgan fingerprint density at radius 2 is 2.06 bits per heavy atom. The second kappa shape index (κ2) is 7.30. The minimum Gasteiger partial charge on any atom is -0.497 e. The summed E-state index contributed by atoms with van der Waals surface area (Å²) < 4.78 is 10.9. The zero-order valence-corrected chi connectivity index (χ0v) is 11.2. The molecule has 0 fully saturated rings. The van der Waals surface area contributed by atoms with Crippen molar-refractivity contribution in [1.29, 1.82) is 0 Å². The Morgan fingerprint density at radius 3 is 2.65 bits per heavy atom. The number of hydrogen-bond donors (Lipinski definition) is 1. The molecule has 1 rings (SSSR count). The first-order valence-corrected chi connectivity index (χ1v) is 6.16. The Hall–Kier alpha value is -1.06. The lowest BCUT2D eigenvalue weighted by atomic mass is 10.1. The molecular formula is C14H23NO2. The lowest BCUT2D eigenvalue weighted by Gasteiger charge is -2.20. The van der Waals surface area contributed by atoms with Gasteiger partial charge in [-0.05, 0) is 38.1 Å². The lowest BCUT2D eigenvalue weighted by Crippen LogP contribution is -2.26. The Morgan fingerprint density at radius 1 is 1.29 bits per heavy atom. The summed E-state index contributed by atoms with van der Waals surface area (Å²) in [5.74, 6) is 0.884. The maximum atomic E-state index is 5.68. The standard InChI is InChI=1S/C14H23NO2/c1-5-15-14(10-17-11(2)3)12-7-6-8-13(9-12)16-4/h6-9,11,14-15H,5,10H2,1-4H3. The average Bonchev–Trinajstić information content (AvgIpc) is 2.34. The van der Waals surface area contributed by atoms with E-state index in [9.17, 15) is 0 Å². The molecule has 1 atom stereocenters. The highest BCUT2D eigenvalue weighted by atomic mass is 16.5. The number of ether oxygens (including phenoxy) is 2. The zero-order valence-electron chi connectivity index (χ0n) is 11.2. The van der Waals surface area contributed by atoms with E-state index in [-0.39, 0.29) is 12.1 Å². The zero-order chi connectivity index (χ0) is 12.7. The maximum Gasteiger partial charge on any atom is 0.119 e. The third-order valence-corrected chi connectivity index (χ3v) is 2.54. The minimum atomic E-state index is 0.220. The highest BCUT2D eigenvalue weighted by Crippen LogP contribution is 2.19. The molecule has 1 aromatic carbocycles. The van der Waals surface area contributed by atoms with Crippen molar-refractivity contribution < 1.29 is 9.47 Å². The molecule has 1 aromatic rings. The normalized spacial score (nSPS) is 12.8. The quantitative estimate of drug-likeness (QED) is 0.791. The predicted molar refractivity (Wildman–Crippen MR) is 70.5 cm³/mol. The number of nitrogens with one attached hydrogen (secondary N) is 1. The van der Waals surface area contributed by atoms with Crippen LogP contribution in [0, 0.1) is 0 Å². The van der Waals surface area contributed by atoms with Gasteiger partial charge in [0.15, 0.2) is 0 Å². The molecule has 0 spiro atoms. The molecule has 0 amide bonds. The van der Waals surface area contributed by atoms with Crippen molar-refractivity contribution in [3.8, 4) is 5.75 Å². The number of likely N-dealkylation sites (N-methyl/N-ethyl adjacent to an activating group) is 1. The van der Waals surface area contributed by atoms with Crippen LogP contribution in [-0.2, 0) is 4.74 Å². The van der Waals surface area contributed by atoms with Crippen LogP contribution >= 0.6 is 0 Å². The molecule has 0 radical (unpaired) electrons. The molecular weight excluding hydrogens is 214 g/mol. The van der Waals surface area contributed by atoms with Crippen LogP contribution in [0.2, 0.25) is 0 Å². The molecule has 0 aromatic heterocycles. The fraction of sp³-hybridized carbons (Fsp3) is 0.571. The van der Waals surface area contributed by atoms with Gasteiger partial charge in [-0.3, -0.25) is 0 Å². The highest BCUT2D eigenvalue weighted by Gasteiger charge is 2.11. The van der Waals surface area contributed by atoms with E-state index in [2.05, 4.69) is 38.2 Å². The largest absolute Gasteiger partial charge is 0.497 e. The average molecular weight is 237 g/mol. The molecule has 96 valence electrons. The summed E-state index contributed by atoms with van der Waals surface area (Å²) in [5, 5.41) is 3.43. The van der Waals surface area contributed by atoms with Crippen molar-refractivity contribution >= 4 is 0 Å². The second-order valence-electron chi connectivity index (χ2n) is 4.27. The van der Waals surface area contributed by atoms with Gasteiger partial charge in [0.25, 0.3) is 0 Å². The van der Waals surface area contributed by atoms with Crippen molar-refractivity contribution in [2.45, 2.75) is 32.9 Å². The maximum absolute atomic E-state index is 5.68. The van der Waals surface area contributed by atoms with Gasteiger partial charge in [0.1, 0.15) is 5.75 Å². The van der Waals surface area contributed by atoms with Gasteiger partial charge >= 0.3 is 0 Å². The Labute approximate surface area is 104 Å². The van der Waals surface area contributed by atoms with Gasteiger partial charge in [-0.2, -0.15) is 0 Å². The molecule has 17 heavy (non-hydrogen) atoms. The van der Waals surface area contributed by atoms with Crippen molar-refractivity contribution in [3.63, 3.8) is 0 Å². The molecule has 1 unspecified atom stereocenters. The molecule has 0 saturated heterocycles. The Bertz CT molecular complexity index is 326. The molecule has 0 aliphatic rings. The van der Waals surface area contributed by atoms with Crippen molar-refractivity contribution in [2.24, 2.45) is 0 Å². The van der Waals surface area contributed by atoms with Crippen LogP contribution in [0.1, 0.15) is 32.4 Å². The first-order chi connectivity index (χ1) is 8.17. The van der Waals surface area contributed by atoms with Crippen LogP contribution in [0.4, 0.5) is 0 Å². The van der Waals surface area contributed by atoms with Crippen LogP contribution < -0.4 is 10.1 Å². The summed E-state index contributed by atoms with van der Waals surface area (Å²) in [6.45, 7) is 7.80. The lowest BCUT2D eigenvalue weighted by molar-refractivity contribution is 0.0614. The van der Waals surface area contributed by atoms with Gasteiger partial charge in [0, 0.05) is 0 Å². The summed E-state index contributed by atoms with van der Waals surface area (Å²) >= 11 is 0. The third kappa shape index (κ3) is 4.75. The highest BCUT2D eigenvalue weighted by molar-refractivity contribution is 5.30. The van der Waals surface area contributed by atoms with E-state index in [0.717, 1.165) is 12.3 Å². The number of hydrogen-bond acceptors (Lipinski definition) is 3. The Kier molecular flexibility index (Phi) is 6.01. The summed E-state index contributed by atoms with van der Waals surface area (Å²) in [7, 11) is 1.69. The van der Waals surface area contributed by atoms with Crippen LogP contribution in [0.15, 0.2) is 24.3 Å².